The van der Waals surface area contributed by atoms with Crippen molar-refractivity contribution in [2.24, 2.45) is 0 Å². The van der Waals surface area contributed by atoms with Crippen LogP contribution in [0.15, 0.2) is 60.9 Å². The molecule has 2 aliphatic heterocycles. The van der Waals surface area contributed by atoms with Crippen molar-refractivity contribution >= 4 is 51.6 Å². The van der Waals surface area contributed by atoms with Gasteiger partial charge in [0.1, 0.15) is 5.82 Å². The summed E-state index contributed by atoms with van der Waals surface area (Å²) in [5, 5.41) is 1.90. The second kappa shape index (κ2) is 9.32. The molecular formula is C27H26ClFN4O2. The SMILES string of the molecule is Cl.O=C1CC(c2c[nH]c3ccccc23)C(=O)N1CCN1CC=C(c2c[nH]c3ccc(F)cc23)CC1. The quantitative estimate of drug-likeness (QED) is 0.391. The Morgan fingerprint density at radius 2 is 1.77 bits per heavy atom. The summed E-state index contributed by atoms with van der Waals surface area (Å²) in [6.07, 6.45) is 7.03. The molecule has 0 saturated carbocycles. The van der Waals surface area contributed by atoms with Crippen molar-refractivity contribution in [2.75, 3.05) is 26.2 Å². The summed E-state index contributed by atoms with van der Waals surface area (Å²) in [5.74, 6) is -0.866. The Balaban J connectivity index is 0.00000253. The van der Waals surface area contributed by atoms with Gasteiger partial charge in [0.15, 0.2) is 0 Å². The van der Waals surface area contributed by atoms with Crippen LogP contribution in [0.25, 0.3) is 27.4 Å². The number of carbonyl (C=O) groups excluding carboxylic acids is 2. The highest BCUT2D eigenvalue weighted by Gasteiger charge is 2.40. The van der Waals surface area contributed by atoms with E-state index < -0.39 is 5.92 Å². The lowest BCUT2D eigenvalue weighted by molar-refractivity contribution is -0.138. The molecule has 0 bridgehead atoms. The van der Waals surface area contributed by atoms with E-state index in [9.17, 15) is 14.0 Å². The fourth-order valence-electron chi connectivity index (χ4n) is 5.30. The summed E-state index contributed by atoms with van der Waals surface area (Å²) in [5.41, 5.74) is 5.04. The Bertz CT molecular complexity index is 1460. The first kappa shape index (κ1) is 23.3. The number of para-hydroxylation sites is 1. The molecule has 1 fully saturated rings. The summed E-state index contributed by atoms with van der Waals surface area (Å²) in [6, 6.07) is 12.7. The van der Waals surface area contributed by atoms with Crippen molar-refractivity contribution < 1.29 is 14.0 Å². The second-order valence-electron chi connectivity index (χ2n) is 9.10. The van der Waals surface area contributed by atoms with Crippen LogP contribution in [0, 0.1) is 5.82 Å². The number of likely N-dealkylation sites (tertiary alicyclic amines) is 1. The Morgan fingerprint density at radius 3 is 2.60 bits per heavy atom. The molecule has 8 heteroatoms. The minimum absolute atomic E-state index is 0. The van der Waals surface area contributed by atoms with Gasteiger partial charge in [-0.25, -0.2) is 4.39 Å². The lowest BCUT2D eigenvalue weighted by Crippen LogP contribution is -2.39. The number of hydrogen-bond acceptors (Lipinski definition) is 3. The molecule has 2 aromatic heterocycles. The molecule has 6 nitrogen and oxygen atoms in total. The van der Waals surface area contributed by atoms with Gasteiger partial charge in [0.2, 0.25) is 11.8 Å². The number of nitrogens with zero attached hydrogens (tertiary/aromatic N) is 2. The zero-order valence-electron chi connectivity index (χ0n) is 19.1. The number of amides is 2. The maximum absolute atomic E-state index is 13.7. The minimum atomic E-state index is -0.418. The van der Waals surface area contributed by atoms with E-state index in [-0.39, 0.29) is 36.5 Å². The fourth-order valence-corrected chi connectivity index (χ4v) is 5.30. The van der Waals surface area contributed by atoms with E-state index in [1.165, 1.54) is 16.5 Å². The molecule has 0 radical (unpaired) electrons. The number of benzene rings is 2. The predicted molar refractivity (Wildman–Crippen MR) is 137 cm³/mol. The van der Waals surface area contributed by atoms with E-state index in [2.05, 4.69) is 20.9 Å². The monoisotopic (exact) mass is 492 g/mol. The van der Waals surface area contributed by atoms with Crippen molar-refractivity contribution in [3.63, 3.8) is 0 Å². The highest BCUT2D eigenvalue weighted by atomic mass is 35.5. The van der Waals surface area contributed by atoms with Crippen molar-refractivity contribution in [2.45, 2.75) is 18.8 Å². The van der Waals surface area contributed by atoms with Crippen molar-refractivity contribution in [3.8, 4) is 0 Å². The molecule has 180 valence electrons. The number of fused-ring (bicyclic) bond motifs is 2. The summed E-state index contributed by atoms with van der Waals surface area (Å²) in [6.45, 7) is 2.61. The summed E-state index contributed by atoms with van der Waals surface area (Å²) in [7, 11) is 0. The van der Waals surface area contributed by atoms with Crippen LogP contribution in [0.5, 0.6) is 0 Å². The Morgan fingerprint density at radius 1 is 0.971 bits per heavy atom. The first-order valence-electron chi connectivity index (χ1n) is 11.7. The molecule has 35 heavy (non-hydrogen) atoms. The molecular weight excluding hydrogens is 467 g/mol. The smallest absolute Gasteiger partial charge is 0.237 e. The average Bonchev–Trinajstić information content (AvgIpc) is 3.53. The summed E-state index contributed by atoms with van der Waals surface area (Å²) < 4.78 is 13.7. The molecule has 1 atom stereocenters. The molecule has 1 saturated heterocycles. The third-order valence-corrected chi connectivity index (χ3v) is 7.16. The highest BCUT2D eigenvalue weighted by Crippen LogP contribution is 2.34. The van der Waals surface area contributed by atoms with E-state index in [1.807, 2.05) is 36.7 Å². The maximum Gasteiger partial charge on any atom is 0.237 e. The van der Waals surface area contributed by atoms with E-state index in [4.69, 9.17) is 0 Å². The van der Waals surface area contributed by atoms with Gasteiger partial charge in [-0.1, -0.05) is 24.3 Å². The first-order valence-corrected chi connectivity index (χ1v) is 11.7. The van der Waals surface area contributed by atoms with Crippen LogP contribution in [0.4, 0.5) is 4.39 Å². The van der Waals surface area contributed by atoms with Crippen molar-refractivity contribution in [1.29, 1.82) is 0 Å². The zero-order valence-corrected chi connectivity index (χ0v) is 19.9. The van der Waals surface area contributed by atoms with Crippen molar-refractivity contribution in [3.05, 3.63) is 77.9 Å². The van der Waals surface area contributed by atoms with Crippen LogP contribution < -0.4 is 0 Å². The Labute approximate surface area is 208 Å². The van der Waals surface area contributed by atoms with Crippen LogP contribution in [-0.2, 0) is 9.59 Å². The van der Waals surface area contributed by atoms with E-state index in [1.54, 1.807) is 12.1 Å². The largest absolute Gasteiger partial charge is 0.361 e. The molecule has 2 amide bonds. The number of hydrogen-bond donors (Lipinski definition) is 2. The highest BCUT2D eigenvalue weighted by molar-refractivity contribution is 6.08. The third-order valence-electron chi connectivity index (χ3n) is 7.16. The second-order valence-corrected chi connectivity index (χ2v) is 9.10. The van der Waals surface area contributed by atoms with Crippen LogP contribution in [0.2, 0.25) is 0 Å². The fraction of sp³-hybridized carbons (Fsp3) is 0.259. The standard InChI is InChI=1S/C27H25FN4O2.ClH/c28-18-5-6-25-20(13-18)22(15-29-25)17-7-9-31(10-8-17)11-12-32-26(33)14-21(27(32)34)23-16-30-24-4-2-1-3-19(23)24;/h1-7,13,15-16,21,29-30H,8-12,14H2;1H. The van der Waals surface area contributed by atoms with Crippen molar-refractivity contribution in [1.82, 2.24) is 19.8 Å². The number of halogens is 2. The number of H-pyrrole nitrogens is 2. The molecule has 2 aromatic carbocycles. The van der Waals surface area contributed by atoms with Gasteiger partial charge in [-0.3, -0.25) is 19.4 Å². The molecule has 4 heterocycles. The normalized spacial score (nSPS) is 18.9. The molecule has 0 spiro atoms. The number of nitrogens with one attached hydrogen (secondary N) is 2. The van der Waals surface area contributed by atoms with Crippen LogP contribution in [0.3, 0.4) is 0 Å². The summed E-state index contributed by atoms with van der Waals surface area (Å²) in [4.78, 5) is 35.9. The Hall–Kier alpha value is -3.42. The van der Waals surface area contributed by atoms with E-state index in [0.29, 0.717) is 13.1 Å². The lowest BCUT2D eigenvalue weighted by Gasteiger charge is -2.28. The van der Waals surface area contributed by atoms with Gasteiger partial charge in [0.25, 0.3) is 0 Å². The number of imide groups is 1. The number of rotatable bonds is 5. The van der Waals surface area contributed by atoms with Gasteiger partial charge in [-0.05, 0) is 41.8 Å². The number of aromatic amines is 2. The molecule has 2 N–H and O–H groups in total. The molecule has 6 rings (SSSR count). The third kappa shape index (κ3) is 4.15. The van der Waals surface area contributed by atoms with E-state index >= 15 is 0 Å². The number of carbonyl (C=O) groups is 2. The van der Waals surface area contributed by atoms with Gasteiger partial charge in [-0.2, -0.15) is 0 Å². The topological polar surface area (TPSA) is 72.2 Å². The first-order chi connectivity index (χ1) is 16.6. The molecule has 1 unspecified atom stereocenters. The van der Waals surface area contributed by atoms with Gasteiger partial charge in [0, 0.05) is 72.4 Å². The van der Waals surface area contributed by atoms with Gasteiger partial charge < -0.3 is 9.97 Å². The maximum atomic E-state index is 13.7. The van der Waals surface area contributed by atoms with Crippen LogP contribution in [-0.4, -0.2) is 57.8 Å². The zero-order chi connectivity index (χ0) is 23.2. The number of aromatic nitrogens is 2. The molecule has 2 aliphatic rings. The van der Waals surface area contributed by atoms with Crippen LogP contribution in [0.1, 0.15) is 29.9 Å². The molecule has 4 aromatic rings. The van der Waals surface area contributed by atoms with Crippen LogP contribution >= 0.6 is 12.4 Å². The summed E-state index contributed by atoms with van der Waals surface area (Å²) >= 11 is 0. The molecule has 0 aliphatic carbocycles. The van der Waals surface area contributed by atoms with E-state index in [0.717, 1.165) is 52.4 Å². The van der Waals surface area contributed by atoms with Gasteiger partial charge in [-0.15, -0.1) is 12.4 Å². The van der Waals surface area contributed by atoms with Gasteiger partial charge >= 0.3 is 0 Å². The Kier molecular flexibility index (Phi) is 6.21. The van der Waals surface area contributed by atoms with Gasteiger partial charge in [0.05, 0.1) is 5.92 Å². The lowest BCUT2D eigenvalue weighted by atomic mass is 9.97. The average molecular weight is 493 g/mol. The predicted octanol–water partition coefficient (Wildman–Crippen LogP) is 4.84. The minimum Gasteiger partial charge on any atom is -0.361 e.